The number of benzene rings is 1. The van der Waals surface area contributed by atoms with Gasteiger partial charge in [0.2, 0.25) is 0 Å². The summed E-state index contributed by atoms with van der Waals surface area (Å²) >= 11 is 0. The van der Waals surface area contributed by atoms with Gasteiger partial charge in [-0.3, -0.25) is 4.68 Å². The molecule has 2 amide bonds. The number of hydrogen-bond acceptors (Lipinski definition) is 3. The Balaban J connectivity index is 1.89. The normalized spacial score (nSPS) is 10.7. The summed E-state index contributed by atoms with van der Waals surface area (Å²) in [4.78, 5) is 22.8. The molecule has 0 aliphatic carbocycles. The molecule has 7 nitrogen and oxygen atoms in total. The maximum atomic E-state index is 12.0. The molecule has 0 radical (unpaired) electrons. The van der Waals surface area contributed by atoms with Gasteiger partial charge in [-0.2, -0.15) is 5.10 Å². The molecule has 3 N–H and O–H groups in total. The summed E-state index contributed by atoms with van der Waals surface area (Å²) in [5, 5.41) is 18.6. The standard InChI is InChI=1S/C17H22N4O3/c1-11(2)10-21-12(3)15(9-19-21)20-17(24)18-8-13-4-6-14(7-5-13)16(22)23/h4-7,9,11H,8,10H2,1-3H3,(H,22,23)(H2,18,20,24). The van der Waals surface area contributed by atoms with Crippen LogP contribution >= 0.6 is 0 Å². The van der Waals surface area contributed by atoms with Gasteiger partial charge in [-0.1, -0.05) is 26.0 Å². The number of hydrogen-bond donors (Lipinski definition) is 3. The van der Waals surface area contributed by atoms with Gasteiger partial charge in [0.25, 0.3) is 0 Å². The van der Waals surface area contributed by atoms with E-state index < -0.39 is 5.97 Å². The van der Waals surface area contributed by atoms with Crippen molar-refractivity contribution in [2.45, 2.75) is 33.9 Å². The largest absolute Gasteiger partial charge is 0.478 e. The van der Waals surface area contributed by atoms with E-state index >= 15 is 0 Å². The number of carboxylic acids is 1. The Morgan fingerprint density at radius 1 is 1.25 bits per heavy atom. The van der Waals surface area contributed by atoms with Crippen LogP contribution in [0.25, 0.3) is 0 Å². The second-order valence-electron chi connectivity index (χ2n) is 6.03. The molecule has 0 saturated carbocycles. The van der Waals surface area contributed by atoms with Crippen LogP contribution in [0.1, 0.15) is 35.5 Å². The van der Waals surface area contributed by atoms with E-state index in [-0.39, 0.29) is 11.6 Å². The van der Waals surface area contributed by atoms with Crippen LogP contribution in [-0.2, 0) is 13.1 Å². The molecule has 128 valence electrons. The molecule has 7 heteroatoms. The maximum Gasteiger partial charge on any atom is 0.335 e. The quantitative estimate of drug-likeness (QED) is 0.759. The number of aromatic carboxylic acids is 1. The van der Waals surface area contributed by atoms with Crippen molar-refractivity contribution in [3.05, 3.63) is 47.3 Å². The number of urea groups is 1. The summed E-state index contributed by atoms with van der Waals surface area (Å²) in [5.74, 6) is -0.500. The number of amides is 2. The summed E-state index contributed by atoms with van der Waals surface area (Å²) < 4.78 is 1.87. The van der Waals surface area contributed by atoms with E-state index in [1.807, 2.05) is 11.6 Å². The van der Waals surface area contributed by atoms with Gasteiger partial charge in [-0.15, -0.1) is 0 Å². The summed E-state index contributed by atoms with van der Waals surface area (Å²) in [7, 11) is 0. The molecule has 1 aromatic heterocycles. The number of nitrogens with one attached hydrogen (secondary N) is 2. The highest BCUT2D eigenvalue weighted by atomic mass is 16.4. The number of rotatable bonds is 6. The lowest BCUT2D eigenvalue weighted by Gasteiger charge is -2.09. The van der Waals surface area contributed by atoms with E-state index in [4.69, 9.17) is 5.11 Å². The van der Waals surface area contributed by atoms with Crippen molar-refractivity contribution in [3.8, 4) is 0 Å². The van der Waals surface area contributed by atoms with Gasteiger partial charge >= 0.3 is 12.0 Å². The molecule has 2 aromatic rings. The summed E-state index contributed by atoms with van der Waals surface area (Å²) in [5.41, 5.74) is 2.62. The zero-order valence-electron chi connectivity index (χ0n) is 14.0. The lowest BCUT2D eigenvalue weighted by Crippen LogP contribution is -2.28. The van der Waals surface area contributed by atoms with Crippen molar-refractivity contribution in [1.82, 2.24) is 15.1 Å². The third-order valence-corrected chi connectivity index (χ3v) is 3.54. The first-order valence-electron chi connectivity index (χ1n) is 7.76. The lowest BCUT2D eigenvalue weighted by molar-refractivity contribution is 0.0697. The van der Waals surface area contributed by atoms with E-state index in [1.54, 1.807) is 18.3 Å². The van der Waals surface area contributed by atoms with Gasteiger partial charge in [0, 0.05) is 13.1 Å². The van der Waals surface area contributed by atoms with E-state index in [1.165, 1.54) is 12.1 Å². The minimum absolute atomic E-state index is 0.219. The monoisotopic (exact) mass is 330 g/mol. The van der Waals surface area contributed by atoms with Crippen LogP contribution < -0.4 is 10.6 Å². The highest BCUT2D eigenvalue weighted by Crippen LogP contribution is 2.15. The third-order valence-electron chi connectivity index (χ3n) is 3.54. The molecule has 0 saturated heterocycles. The summed E-state index contributed by atoms with van der Waals surface area (Å²) in [6, 6.07) is 6.05. The SMILES string of the molecule is Cc1c(NC(=O)NCc2ccc(C(=O)O)cc2)cnn1CC(C)C. The first-order chi connectivity index (χ1) is 11.4. The van der Waals surface area contributed by atoms with Crippen molar-refractivity contribution in [3.63, 3.8) is 0 Å². The summed E-state index contributed by atoms with van der Waals surface area (Å²) in [6.45, 7) is 7.23. The van der Waals surface area contributed by atoms with Crippen LogP contribution in [0.4, 0.5) is 10.5 Å². The molecular formula is C17H22N4O3. The minimum Gasteiger partial charge on any atom is -0.478 e. The first kappa shape index (κ1) is 17.5. The molecule has 0 aliphatic rings. The molecule has 0 unspecified atom stereocenters. The van der Waals surface area contributed by atoms with Crippen molar-refractivity contribution < 1.29 is 14.7 Å². The fraction of sp³-hybridized carbons (Fsp3) is 0.353. The minimum atomic E-state index is -0.971. The second kappa shape index (κ2) is 7.63. The number of aromatic nitrogens is 2. The van der Waals surface area contributed by atoms with Crippen LogP contribution in [0.5, 0.6) is 0 Å². The molecule has 0 aliphatic heterocycles. The Morgan fingerprint density at radius 2 is 1.92 bits per heavy atom. The molecule has 0 spiro atoms. The highest BCUT2D eigenvalue weighted by molar-refractivity contribution is 5.89. The van der Waals surface area contributed by atoms with Crippen LogP contribution in [0, 0.1) is 12.8 Å². The van der Waals surface area contributed by atoms with Crippen LogP contribution in [0.15, 0.2) is 30.5 Å². The molecule has 0 bridgehead atoms. The van der Waals surface area contributed by atoms with Crippen molar-refractivity contribution in [2.75, 3.05) is 5.32 Å². The number of carbonyl (C=O) groups is 2. The number of anilines is 1. The Kier molecular flexibility index (Phi) is 5.57. The average Bonchev–Trinajstić information content (AvgIpc) is 2.86. The van der Waals surface area contributed by atoms with Crippen LogP contribution in [-0.4, -0.2) is 26.9 Å². The van der Waals surface area contributed by atoms with E-state index in [9.17, 15) is 9.59 Å². The van der Waals surface area contributed by atoms with Gasteiger partial charge in [-0.05, 0) is 30.5 Å². The van der Waals surface area contributed by atoms with Crippen molar-refractivity contribution in [1.29, 1.82) is 0 Å². The predicted octanol–water partition coefficient (Wildman–Crippen LogP) is 2.87. The van der Waals surface area contributed by atoms with Gasteiger partial charge < -0.3 is 15.7 Å². The molecule has 1 heterocycles. The van der Waals surface area contributed by atoms with E-state index in [2.05, 4.69) is 29.6 Å². The molecule has 2 rings (SSSR count). The van der Waals surface area contributed by atoms with Gasteiger partial charge in [-0.25, -0.2) is 9.59 Å². The molecular weight excluding hydrogens is 308 g/mol. The fourth-order valence-electron chi connectivity index (χ4n) is 2.21. The maximum absolute atomic E-state index is 12.0. The molecule has 0 atom stereocenters. The zero-order chi connectivity index (χ0) is 17.7. The number of carbonyl (C=O) groups excluding carboxylic acids is 1. The van der Waals surface area contributed by atoms with E-state index in [0.29, 0.717) is 18.2 Å². The lowest BCUT2D eigenvalue weighted by atomic mass is 10.1. The third kappa shape index (κ3) is 4.58. The van der Waals surface area contributed by atoms with Crippen molar-refractivity contribution in [2.24, 2.45) is 5.92 Å². The molecule has 24 heavy (non-hydrogen) atoms. The van der Waals surface area contributed by atoms with Crippen molar-refractivity contribution >= 4 is 17.7 Å². The van der Waals surface area contributed by atoms with E-state index in [0.717, 1.165) is 17.8 Å². The zero-order valence-corrected chi connectivity index (χ0v) is 14.0. The topological polar surface area (TPSA) is 96.2 Å². The number of nitrogens with zero attached hydrogens (tertiary/aromatic N) is 2. The first-order valence-corrected chi connectivity index (χ1v) is 7.76. The number of carboxylic acid groups (broad SMARTS) is 1. The Labute approximate surface area is 140 Å². The smallest absolute Gasteiger partial charge is 0.335 e. The second-order valence-corrected chi connectivity index (χ2v) is 6.03. The predicted molar refractivity (Wildman–Crippen MR) is 91.1 cm³/mol. The Morgan fingerprint density at radius 3 is 2.50 bits per heavy atom. The average molecular weight is 330 g/mol. The molecule has 1 aromatic carbocycles. The highest BCUT2D eigenvalue weighted by Gasteiger charge is 2.10. The summed E-state index contributed by atoms with van der Waals surface area (Å²) in [6.07, 6.45) is 1.64. The van der Waals surface area contributed by atoms with Crippen LogP contribution in [0.3, 0.4) is 0 Å². The van der Waals surface area contributed by atoms with Gasteiger partial charge in [0.05, 0.1) is 23.1 Å². The van der Waals surface area contributed by atoms with Gasteiger partial charge in [0.1, 0.15) is 0 Å². The Hall–Kier alpha value is -2.83. The van der Waals surface area contributed by atoms with Gasteiger partial charge in [0.15, 0.2) is 0 Å². The Bertz CT molecular complexity index is 720. The fourth-order valence-corrected chi connectivity index (χ4v) is 2.21. The van der Waals surface area contributed by atoms with Crippen LogP contribution in [0.2, 0.25) is 0 Å². The molecule has 0 fully saturated rings.